The number of benzene rings is 2. The maximum Gasteiger partial charge on any atom is 0.169 e. The van der Waals surface area contributed by atoms with E-state index in [1.807, 2.05) is 39.0 Å². The van der Waals surface area contributed by atoms with Gasteiger partial charge < -0.3 is 9.84 Å². The van der Waals surface area contributed by atoms with Gasteiger partial charge in [-0.2, -0.15) is 0 Å². The molecule has 2 aromatic rings. The minimum Gasteiger partial charge on any atom is -0.504 e. The summed E-state index contributed by atoms with van der Waals surface area (Å²) < 4.78 is 5.70. The van der Waals surface area contributed by atoms with Crippen LogP contribution >= 0.6 is 0 Å². The lowest BCUT2D eigenvalue weighted by Gasteiger charge is -2.11. The van der Waals surface area contributed by atoms with Crippen LogP contribution in [0.15, 0.2) is 36.4 Å². The molecule has 0 aliphatic carbocycles. The summed E-state index contributed by atoms with van der Waals surface area (Å²) in [5.41, 5.74) is 3.27. The number of phenols is 1. The maximum atomic E-state index is 9.77. The number of rotatable bonds is 2. The third-order valence-corrected chi connectivity index (χ3v) is 2.66. The lowest BCUT2D eigenvalue weighted by Crippen LogP contribution is -1.89. The standard InChI is InChI=1S/C15H16O2/c1-10-4-6-14(12(3)8-10)17-15-7-5-11(2)9-13(15)16/h4-9,16H,1-3H3. The molecule has 0 atom stereocenters. The van der Waals surface area contributed by atoms with Crippen molar-refractivity contribution in [2.45, 2.75) is 20.8 Å². The fourth-order valence-corrected chi connectivity index (χ4v) is 1.75. The molecule has 0 amide bonds. The SMILES string of the molecule is Cc1ccc(Oc2ccc(C)cc2O)c(C)c1. The normalized spacial score (nSPS) is 10.3. The first-order valence-corrected chi connectivity index (χ1v) is 5.61. The molecule has 0 saturated heterocycles. The van der Waals surface area contributed by atoms with Crippen LogP contribution < -0.4 is 4.74 Å². The minimum absolute atomic E-state index is 0.171. The molecule has 0 saturated carbocycles. The van der Waals surface area contributed by atoms with Crippen LogP contribution in [0.2, 0.25) is 0 Å². The highest BCUT2D eigenvalue weighted by Gasteiger charge is 2.06. The highest BCUT2D eigenvalue weighted by molar-refractivity contribution is 5.46. The molecule has 0 aliphatic heterocycles. The summed E-state index contributed by atoms with van der Waals surface area (Å²) in [6.07, 6.45) is 0. The Morgan fingerprint density at radius 2 is 1.41 bits per heavy atom. The van der Waals surface area contributed by atoms with Crippen LogP contribution in [0.1, 0.15) is 16.7 Å². The van der Waals surface area contributed by atoms with Crippen molar-refractivity contribution in [1.29, 1.82) is 0 Å². The van der Waals surface area contributed by atoms with Crippen molar-refractivity contribution in [3.05, 3.63) is 53.1 Å². The van der Waals surface area contributed by atoms with Crippen molar-refractivity contribution >= 4 is 0 Å². The molecule has 88 valence electrons. The third-order valence-electron chi connectivity index (χ3n) is 2.66. The Morgan fingerprint density at radius 3 is 2.00 bits per heavy atom. The first kappa shape index (κ1) is 11.5. The zero-order valence-corrected chi connectivity index (χ0v) is 10.3. The molecule has 2 aromatic carbocycles. The van der Waals surface area contributed by atoms with Gasteiger partial charge in [-0.1, -0.05) is 23.8 Å². The Bertz CT molecular complexity index is 495. The van der Waals surface area contributed by atoms with Crippen molar-refractivity contribution in [3.8, 4) is 17.2 Å². The van der Waals surface area contributed by atoms with E-state index in [2.05, 4.69) is 6.07 Å². The van der Waals surface area contributed by atoms with E-state index in [9.17, 15) is 5.11 Å². The number of hydrogen-bond donors (Lipinski definition) is 1. The van der Waals surface area contributed by atoms with Gasteiger partial charge in [0.15, 0.2) is 11.5 Å². The average Bonchev–Trinajstić information content (AvgIpc) is 2.25. The topological polar surface area (TPSA) is 29.5 Å². The smallest absolute Gasteiger partial charge is 0.169 e. The Kier molecular flexibility index (Phi) is 3.05. The van der Waals surface area contributed by atoms with E-state index in [4.69, 9.17) is 4.74 Å². The van der Waals surface area contributed by atoms with Crippen LogP contribution in [0, 0.1) is 20.8 Å². The number of aryl methyl sites for hydroxylation is 3. The van der Waals surface area contributed by atoms with Crippen molar-refractivity contribution in [2.24, 2.45) is 0 Å². The molecule has 0 aliphatic rings. The zero-order valence-electron chi connectivity index (χ0n) is 10.3. The van der Waals surface area contributed by atoms with Gasteiger partial charge in [0.1, 0.15) is 5.75 Å². The van der Waals surface area contributed by atoms with Crippen LogP contribution in [0.5, 0.6) is 17.2 Å². The molecule has 0 unspecified atom stereocenters. The summed E-state index contributed by atoms with van der Waals surface area (Å²) in [4.78, 5) is 0. The van der Waals surface area contributed by atoms with Gasteiger partial charge in [0.2, 0.25) is 0 Å². The predicted molar refractivity (Wildman–Crippen MR) is 68.8 cm³/mol. The van der Waals surface area contributed by atoms with E-state index in [-0.39, 0.29) is 5.75 Å². The summed E-state index contributed by atoms with van der Waals surface area (Å²) >= 11 is 0. The second kappa shape index (κ2) is 4.50. The highest BCUT2D eigenvalue weighted by Crippen LogP contribution is 2.32. The zero-order chi connectivity index (χ0) is 12.4. The largest absolute Gasteiger partial charge is 0.504 e. The number of phenolic OH excluding ortho intramolecular Hbond substituents is 1. The quantitative estimate of drug-likeness (QED) is 0.838. The van der Waals surface area contributed by atoms with Gasteiger partial charge >= 0.3 is 0 Å². The van der Waals surface area contributed by atoms with Crippen LogP contribution in [-0.4, -0.2) is 5.11 Å². The Morgan fingerprint density at radius 1 is 0.824 bits per heavy atom. The Labute approximate surface area is 101 Å². The monoisotopic (exact) mass is 228 g/mol. The Balaban J connectivity index is 2.31. The van der Waals surface area contributed by atoms with Gasteiger partial charge in [-0.05, 0) is 50.1 Å². The first-order chi connectivity index (χ1) is 8.06. The molecule has 0 fully saturated rings. The molecule has 17 heavy (non-hydrogen) atoms. The highest BCUT2D eigenvalue weighted by atomic mass is 16.5. The lowest BCUT2D eigenvalue weighted by atomic mass is 10.1. The van der Waals surface area contributed by atoms with E-state index in [0.717, 1.165) is 16.9 Å². The van der Waals surface area contributed by atoms with Gasteiger partial charge in [-0.25, -0.2) is 0 Å². The lowest BCUT2D eigenvalue weighted by molar-refractivity contribution is 0.409. The van der Waals surface area contributed by atoms with Crippen molar-refractivity contribution < 1.29 is 9.84 Å². The molecular formula is C15H16O2. The van der Waals surface area contributed by atoms with Crippen LogP contribution in [-0.2, 0) is 0 Å². The molecule has 2 rings (SSSR count). The van der Waals surface area contributed by atoms with E-state index in [1.165, 1.54) is 5.56 Å². The van der Waals surface area contributed by atoms with Crippen molar-refractivity contribution in [2.75, 3.05) is 0 Å². The molecular weight excluding hydrogens is 212 g/mol. The van der Waals surface area contributed by atoms with Gasteiger partial charge in [-0.15, -0.1) is 0 Å². The van der Waals surface area contributed by atoms with E-state index < -0.39 is 0 Å². The maximum absolute atomic E-state index is 9.77. The molecule has 2 heteroatoms. The first-order valence-electron chi connectivity index (χ1n) is 5.61. The summed E-state index contributed by atoms with van der Waals surface area (Å²) in [5.74, 6) is 1.43. The molecule has 0 bridgehead atoms. The minimum atomic E-state index is 0.171. The summed E-state index contributed by atoms with van der Waals surface area (Å²) in [5, 5.41) is 9.77. The van der Waals surface area contributed by atoms with E-state index >= 15 is 0 Å². The van der Waals surface area contributed by atoms with E-state index in [1.54, 1.807) is 12.1 Å². The molecule has 0 heterocycles. The number of ether oxygens (including phenoxy) is 1. The number of aromatic hydroxyl groups is 1. The third kappa shape index (κ3) is 2.59. The molecule has 0 radical (unpaired) electrons. The van der Waals surface area contributed by atoms with Gasteiger partial charge in [-0.3, -0.25) is 0 Å². The van der Waals surface area contributed by atoms with Crippen LogP contribution in [0.3, 0.4) is 0 Å². The molecule has 0 aromatic heterocycles. The summed E-state index contributed by atoms with van der Waals surface area (Å²) in [6, 6.07) is 11.4. The number of hydrogen-bond acceptors (Lipinski definition) is 2. The second-order valence-corrected chi connectivity index (χ2v) is 4.34. The van der Waals surface area contributed by atoms with Crippen LogP contribution in [0.25, 0.3) is 0 Å². The summed E-state index contributed by atoms with van der Waals surface area (Å²) in [6.45, 7) is 5.97. The predicted octanol–water partition coefficient (Wildman–Crippen LogP) is 4.11. The summed E-state index contributed by atoms with van der Waals surface area (Å²) in [7, 11) is 0. The molecule has 2 nitrogen and oxygen atoms in total. The average molecular weight is 228 g/mol. The fraction of sp³-hybridized carbons (Fsp3) is 0.200. The Hall–Kier alpha value is -1.96. The van der Waals surface area contributed by atoms with Gasteiger partial charge in [0.25, 0.3) is 0 Å². The van der Waals surface area contributed by atoms with Crippen molar-refractivity contribution in [3.63, 3.8) is 0 Å². The molecule has 1 N–H and O–H groups in total. The fourth-order valence-electron chi connectivity index (χ4n) is 1.75. The van der Waals surface area contributed by atoms with Gasteiger partial charge in [0.05, 0.1) is 0 Å². The van der Waals surface area contributed by atoms with Crippen LogP contribution in [0.4, 0.5) is 0 Å². The second-order valence-electron chi connectivity index (χ2n) is 4.34. The van der Waals surface area contributed by atoms with Crippen molar-refractivity contribution in [1.82, 2.24) is 0 Å². The molecule has 0 spiro atoms. The van der Waals surface area contributed by atoms with E-state index in [0.29, 0.717) is 5.75 Å². The van der Waals surface area contributed by atoms with Gasteiger partial charge in [0, 0.05) is 0 Å².